The van der Waals surface area contributed by atoms with Gasteiger partial charge in [0.15, 0.2) is 0 Å². The van der Waals surface area contributed by atoms with Gasteiger partial charge in [0.05, 0.1) is 41.1 Å². The minimum atomic E-state index is -0.657. The first-order valence-corrected chi connectivity index (χ1v) is 15.2. The van der Waals surface area contributed by atoms with Crippen molar-refractivity contribution in [3.8, 4) is 45.3 Å². The molecule has 0 saturated heterocycles. The zero-order chi connectivity index (χ0) is 31.1. The standard InChI is InChI=1S/C34H34Cl2N4O4/c1-37-14-22-9-10-26(40-31(22)44-3)25-6-4-5-23(28(25)35)24-11-12-39-30(29(24)36)20-7-8-21(27(13-20)43-2)15-38-19-33-16-34(17-33,18-33)32(41)42/h4-13,37-38H,14-19H2,1-3H3,(H,41,42). The van der Waals surface area contributed by atoms with E-state index in [1.807, 2.05) is 61.6 Å². The molecule has 228 valence electrons. The molecule has 0 spiro atoms. The number of carboxylic acids is 1. The van der Waals surface area contributed by atoms with Gasteiger partial charge in [0.2, 0.25) is 5.88 Å². The fraction of sp³-hybridized carbons (Fsp3) is 0.324. The Labute approximate surface area is 266 Å². The fourth-order valence-electron chi connectivity index (χ4n) is 6.82. The maximum absolute atomic E-state index is 11.4. The number of benzene rings is 2. The average molecular weight is 634 g/mol. The highest BCUT2D eigenvalue weighted by molar-refractivity contribution is 6.39. The van der Waals surface area contributed by atoms with Crippen LogP contribution in [0.25, 0.3) is 33.6 Å². The second-order valence-corrected chi connectivity index (χ2v) is 12.6. The Hall–Kier alpha value is -3.69. The molecule has 2 heterocycles. The van der Waals surface area contributed by atoms with Gasteiger partial charge in [-0.1, -0.05) is 59.6 Å². The number of ether oxygens (including phenoxy) is 2. The van der Waals surface area contributed by atoms with Crippen molar-refractivity contribution in [2.24, 2.45) is 10.8 Å². The van der Waals surface area contributed by atoms with Gasteiger partial charge in [0.25, 0.3) is 0 Å². The van der Waals surface area contributed by atoms with E-state index in [2.05, 4.69) is 15.6 Å². The predicted octanol–water partition coefficient (Wildman–Crippen LogP) is 6.87. The Morgan fingerprint density at radius 1 is 0.932 bits per heavy atom. The molecule has 2 bridgehead atoms. The highest BCUT2D eigenvalue weighted by Gasteiger charge is 2.71. The largest absolute Gasteiger partial charge is 0.496 e. The number of halogens is 2. The highest BCUT2D eigenvalue weighted by atomic mass is 35.5. The number of methoxy groups -OCH3 is 2. The molecular weight excluding hydrogens is 599 g/mol. The van der Waals surface area contributed by atoms with Crippen LogP contribution in [0.2, 0.25) is 10.0 Å². The third kappa shape index (κ3) is 5.30. The molecule has 3 N–H and O–H groups in total. The Balaban J connectivity index is 1.24. The summed E-state index contributed by atoms with van der Waals surface area (Å²) in [7, 11) is 5.13. The van der Waals surface area contributed by atoms with Crippen molar-refractivity contribution in [3.63, 3.8) is 0 Å². The number of pyridine rings is 2. The van der Waals surface area contributed by atoms with Crippen LogP contribution in [0.1, 0.15) is 30.4 Å². The first-order chi connectivity index (χ1) is 21.2. The second kappa shape index (κ2) is 12.0. The lowest BCUT2D eigenvalue weighted by Crippen LogP contribution is -2.68. The number of carbonyl (C=O) groups is 1. The maximum Gasteiger partial charge on any atom is 0.309 e. The minimum absolute atomic E-state index is 0.125. The van der Waals surface area contributed by atoms with Gasteiger partial charge in [0.1, 0.15) is 5.75 Å². The molecule has 4 aromatic rings. The normalized spacial score (nSPS) is 20.0. The first kappa shape index (κ1) is 30.3. The molecular formula is C34H34Cl2N4O4. The van der Waals surface area contributed by atoms with Gasteiger partial charge in [-0.05, 0) is 49.9 Å². The SMILES string of the molecule is CNCc1ccc(-c2cccc(-c3ccnc(-c4ccc(CNCC56CC(C(=O)O)(C5)C6)c(OC)c4)c3Cl)c2Cl)nc1OC. The lowest BCUT2D eigenvalue weighted by atomic mass is 9.35. The molecule has 2 aromatic carbocycles. The molecule has 2 aromatic heterocycles. The summed E-state index contributed by atoms with van der Waals surface area (Å²) < 4.78 is 11.3. The number of aliphatic carboxylic acids is 1. The lowest BCUT2D eigenvalue weighted by molar-refractivity contribution is -0.220. The molecule has 0 radical (unpaired) electrons. The monoisotopic (exact) mass is 632 g/mol. The number of nitrogens with zero attached hydrogens (tertiary/aromatic N) is 2. The smallest absolute Gasteiger partial charge is 0.309 e. The van der Waals surface area contributed by atoms with Crippen molar-refractivity contribution in [2.75, 3.05) is 27.8 Å². The molecule has 3 fully saturated rings. The van der Waals surface area contributed by atoms with Gasteiger partial charge in [-0.15, -0.1) is 0 Å². The fourth-order valence-corrected chi connectivity index (χ4v) is 7.47. The Morgan fingerprint density at radius 3 is 2.36 bits per heavy atom. The van der Waals surface area contributed by atoms with E-state index in [0.717, 1.165) is 64.9 Å². The van der Waals surface area contributed by atoms with Crippen LogP contribution >= 0.6 is 23.2 Å². The zero-order valence-electron chi connectivity index (χ0n) is 24.8. The van der Waals surface area contributed by atoms with Crippen LogP contribution in [0.5, 0.6) is 11.6 Å². The van der Waals surface area contributed by atoms with Crippen LogP contribution in [0.4, 0.5) is 0 Å². The van der Waals surface area contributed by atoms with E-state index in [-0.39, 0.29) is 5.41 Å². The summed E-state index contributed by atoms with van der Waals surface area (Å²) in [4.78, 5) is 20.7. The highest BCUT2D eigenvalue weighted by Crippen LogP contribution is 2.73. The summed E-state index contributed by atoms with van der Waals surface area (Å²) in [5, 5.41) is 17.0. The zero-order valence-corrected chi connectivity index (χ0v) is 26.4. The van der Waals surface area contributed by atoms with Crippen molar-refractivity contribution >= 4 is 29.2 Å². The molecule has 0 atom stereocenters. The molecule has 3 saturated carbocycles. The van der Waals surface area contributed by atoms with Crippen molar-refractivity contribution in [2.45, 2.75) is 32.4 Å². The molecule has 10 heteroatoms. The lowest BCUT2D eigenvalue weighted by Gasteiger charge is -2.68. The summed E-state index contributed by atoms with van der Waals surface area (Å²) in [5.74, 6) is 0.608. The third-order valence-corrected chi connectivity index (χ3v) is 9.71. The number of carboxylic acid groups (broad SMARTS) is 1. The van der Waals surface area contributed by atoms with Crippen molar-refractivity contribution in [3.05, 3.63) is 82.0 Å². The summed E-state index contributed by atoms with van der Waals surface area (Å²) >= 11 is 14.0. The van der Waals surface area contributed by atoms with E-state index >= 15 is 0 Å². The average Bonchev–Trinajstić information content (AvgIpc) is 2.98. The predicted molar refractivity (Wildman–Crippen MR) is 172 cm³/mol. The van der Waals surface area contributed by atoms with Gasteiger partial charge in [-0.2, -0.15) is 0 Å². The summed E-state index contributed by atoms with van der Waals surface area (Å²) in [5.41, 5.74) is 6.04. The van der Waals surface area contributed by atoms with Crippen molar-refractivity contribution in [1.29, 1.82) is 0 Å². The molecule has 0 aliphatic heterocycles. The van der Waals surface area contributed by atoms with Gasteiger partial charge in [-0.3, -0.25) is 9.78 Å². The van der Waals surface area contributed by atoms with E-state index in [1.54, 1.807) is 20.4 Å². The van der Waals surface area contributed by atoms with Crippen LogP contribution in [-0.4, -0.2) is 48.9 Å². The first-order valence-electron chi connectivity index (χ1n) is 14.5. The van der Waals surface area contributed by atoms with Crippen LogP contribution < -0.4 is 20.1 Å². The van der Waals surface area contributed by atoms with Crippen LogP contribution in [0.15, 0.2) is 60.8 Å². The van der Waals surface area contributed by atoms with E-state index in [9.17, 15) is 9.90 Å². The molecule has 7 rings (SSSR count). The van der Waals surface area contributed by atoms with Gasteiger partial charge in [0, 0.05) is 59.2 Å². The molecule has 3 aliphatic carbocycles. The summed E-state index contributed by atoms with van der Waals surface area (Å²) in [6.45, 7) is 2.05. The number of nitrogens with one attached hydrogen (secondary N) is 2. The molecule has 44 heavy (non-hydrogen) atoms. The van der Waals surface area contributed by atoms with Gasteiger partial charge in [-0.25, -0.2) is 4.98 Å². The Kier molecular flexibility index (Phi) is 8.28. The molecule has 0 amide bonds. The quantitative estimate of drug-likeness (QED) is 0.155. The van der Waals surface area contributed by atoms with Crippen LogP contribution in [-0.2, 0) is 17.9 Å². The van der Waals surface area contributed by atoms with Crippen molar-refractivity contribution in [1.82, 2.24) is 20.6 Å². The van der Waals surface area contributed by atoms with E-state index < -0.39 is 11.4 Å². The van der Waals surface area contributed by atoms with E-state index in [4.69, 9.17) is 37.7 Å². The number of rotatable bonds is 12. The maximum atomic E-state index is 11.4. The second-order valence-electron chi connectivity index (χ2n) is 11.8. The third-order valence-electron chi connectivity index (χ3n) is 8.92. The summed E-state index contributed by atoms with van der Waals surface area (Å²) in [6.07, 6.45) is 4.02. The number of aromatic nitrogens is 2. The molecule has 0 unspecified atom stereocenters. The topological polar surface area (TPSA) is 106 Å². The van der Waals surface area contributed by atoms with Crippen LogP contribution in [0, 0.1) is 10.8 Å². The Bertz CT molecular complexity index is 1730. The van der Waals surface area contributed by atoms with Gasteiger partial charge < -0.3 is 25.2 Å². The van der Waals surface area contributed by atoms with Gasteiger partial charge >= 0.3 is 5.97 Å². The van der Waals surface area contributed by atoms with E-state index in [0.29, 0.717) is 40.4 Å². The molecule has 3 aliphatic rings. The van der Waals surface area contributed by atoms with Crippen LogP contribution in [0.3, 0.4) is 0 Å². The number of hydrogen-bond acceptors (Lipinski definition) is 7. The van der Waals surface area contributed by atoms with Crippen molar-refractivity contribution < 1.29 is 19.4 Å². The molecule has 8 nitrogen and oxygen atoms in total. The summed E-state index contributed by atoms with van der Waals surface area (Å²) in [6, 6.07) is 17.5. The minimum Gasteiger partial charge on any atom is -0.496 e. The Morgan fingerprint density at radius 2 is 1.66 bits per heavy atom. The number of hydrogen-bond donors (Lipinski definition) is 3. The van der Waals surface area contributed by atoms with E-state index in [1.165, 1.54) is 0 Å².